The zero-order valence-corrected chi connectivity index (χ0v) is 6.18. The summed E-state index contributed by atoms with van der Waals surface area (Å²) in [7, 11) is 0. The first-order chi connectivity index (χ1) is 4.04. The summed E-state index contributed by atoms with van der Waals surface area (Å²) in [5, 5.41) is 0. The predicted molar refractivity (Wildman–Crippen MR) is 35.1 cm³/mol. The van der Waals surface area contributed by atoms with Crippen molar-refractivity contribution in [2.75, 3.05) is 0 Å². The van der Waals surface area contributed by atoms with Crippen LogP contribution in [0, 0.1) is 0 Å². The number of hydrogen-bond acceptors (Lipinski definition) is 3. The van der Waals surface area contributed by atoms with Crippen molar-refractivity contribution in [2.24, 2.45) is 5.73 Å². The van der Waals surface area contributed by atoms with E-state index in [4.69, 9.17) is 17.3 Å². The Morgan fingerprint density at radius 3 is 2.22 bits per heavy atom. The summed E-state index contributed by atoms with van der Waals surface area (Å²) in [5.74, 6) is -0.475. The maximum atomic E-state index is 10.5. The molecule has 0 radical (unpaired) electrons. The molecule has 0 saturated heterocycles. The zero-order valence-electron chi connectivity index (χ0n) is 5.43. The Bertz CT molecular complexity index is 103. The number of nitrogens with two attached hydrogens (primary N) is 1. The molecule has 0 aromatic heterocycles. The van der Waals surface area contributed by atoms with Gasteiger partial charge in [0.25, 0.3) is 0 Å². The number of ether oxygens (including phenoxy) is 1. The summed E-state index contributed by atoms with van der Waals surface area (Å²) in [6.07, 6.45) is 0. The van der Waals surface area contributed by atoms with E-state index in [1.807, 2.05) is 0 Å². The summed E-state index contributed by atoms with van der Waals surface area (Å²) >= 11 is 5.32. The molecule has 0 aliphatic heterocycles. The highest BCUT2D eigenvalue weighted by Gasteiger charge is 2.10. The lowest BCUT2D eigenvalue weighted by Crippen LogP contribution is -2.30. The van der Waals surface area contributed by atoms with Crippen LogP contribution >= 0.6 is 11.6 Å². The largest absolute Gasteiger partial charge is 0.445 e. The van der Waals surface area contributed by atoms with Crippen molar-refractivity contribution in [2.45, 2.75) is 25.5 Å². The fraction of sp³-hybridized carbons (Fsp3) is 0.800. The molecule has 0 fully saturated rings. The van der Waals surface area contributed by atoms with E-state index in [9.17, 15) is 4.79 Å². The van der Waals surface area contributed by atoms with Crippen molar-refractivity contribution in [3.63, 3.8) is 0 Å². The number of carbonyl (C=O) groups is 1. The maximum absolute atomic E-state index is 10.5. The van der Waals surface area contributed by atoms with E-state index in [1.165, 1.54) is 0 Å². The van der Waals surface area contributed by atoms with Gasteiger partial charge in [-0.25, -0.2) is 0 Å². The molecule has 0 heterocycles. The van der Waals surface area contributed by atoms with Crippen LogP contribution in [0.15, 0.2) is 0 Å². The Morgan fingerprint density at radius 1 is 1.67 bits per heavy atom. The van der Waals surface area contributed by atoms with Gasteiger partial charge >= 0.3 is 5.97 Å². The quantitative estimate of drug-likeness (QED) is 0.461. The second-order valence-electron chi connectivity index (χ2n) is 1.77. The lowest BCUT2D eigenvalue weighted by Gasteiger charge is -2.07. The Hall–Kier alpha value is -0.280. The van der Waals surface area contributed by atoms with Gasteiger partial charge in [0.2, 0.25) is 0 Å². The van der Waals surface area contributed by atoms with Crippen molar-refractivity contribution in [3.8, 4) is 0 Å². The SMILES string of the molecule is CC(Cl)OC(=O)C(C)N. The van der Waals surface area contributed by atoms with Crippen molar-refractivity contribution < 1.29 is 9.53 Å². The van der Waals surface area contributed by atoms with Gasteiger partial charge in [0, 0.05) is 0 Å². The van der Waals surface area contributed by atoms with Crippen LogP contribution in [0.3, 0.4) is 0 Å². The minimum Gasteiger partial charge on any atom is -0.445 e. The van der Waals surface area contributed by atoms with E-state index in [0.717, 1.165) is 0 Å². The van der Waals surface area contributed by atoms with Crippen LogP contribution < -0.4 is 5.73 Å². The number of carbonyl (C=O) groups excluding carboxylic acids is 1. The van der Waals surface area contributed by atoms with Gasteiger partial charge in [-0.1, -0.05) is 11.6 Å². The van der Waals surface area contributed by atoms with Crippen LogP contribution in [0.4, 0.5) is 0 Å². The predicted octanol–water partition coefficient (Wildman–Crippen LogP) is 0.462. The molecule has 0 spiro atoms. The van der Waals surface area contributed by atoms with Crippen LogP contribution in [-0.4, -0.2) is 17.6 Å². The van der Waals surface area contributed by atoms with Crippen LogP contribution in [0.5, 0.6) is 0 Å². The van der Waals surface area contributed by atoms with Crippen LogP contribution in [0.2, 0.25) is 0 Å². The summed E-state index contributed by atoms with van der Waals surface area (Å²) in [5.41, 5.74) is 4.56. The first kappa shape index (κ1) is 8.72. The van der Waals surface area contributed by atoms with Gasteiger partial charge in [0.15, 0.2) is 5.56 Å². The third kappa shape index (κ3) is 4.24. The number of rotatable bonds is 2. The molecular formula is C5H10ClNO2. The molecule has 0 rings (SSSR count). The molecule has 2 N–H and O–H groups in total. The van der Waals surface area contributed by atoms with Gasteiger partial charge in [0.05, 0.1) is 0 Å². The molecule has 0 amide bonds. The average molecular weight is 152 g/mol. The number of halogens is 1. The van der Waals surface area contributed by atoms with Crippen LogP contribution in [-0.2, 0) is 9.53 Å². The normalized spacial score (nSPS) is 16.4. The molecular weight excluding hydrogens is 142 g/mol. The van der Waals surface area contributed by atoms with Gasteiger partial charge in [-0.15, -0.1) is 0 Å². The van der Waals surface area contributed by atoms with Gasteiger partial charge in [0.1, 0.15) is 6.04 Å². The Morgan fingerprint density at radius 2 is 2.11 bits per heavy atom. The molecule has 2 atom stereocenters. The molecule has 0 aliphatic carbocycles. The summed E-state index contributed by atoms with van der Waals surface area (Å²) in [6.45, 7) is 3.10. The Balaban J connectivity index is 3.51. The Kier molecular flexibility index (Phi) is 3.58. The molecule has 0 aromatic rings. The Labute approximate surface area is 59.1 Å². The van der Waals surface area contributed by atoms with Crippen LogP contribution in [0.25, 0.3) is 0 Å². The minimum atomic E-state index is -0.594. The zero-order chi connectivity index (χ0) is 7.44. The smallest absolute Gasteiger partial charge is 0.324 e. The van der Waals surface area contributed by atoms with E-state index in [2.05, 4.69) is 4.74 Å². The van der Waals surface area contributed by atoms with E-state index < -0.39 is 17.6 Å². The highest BCUT2D eigenvalue weighted by Crippen LogP contribution is 1.96. The fourth-order valence-electron chi connectivity index (χ4n) is 0.267. The molecule has 4 heteroatoms. The third-order valence-corrected chi connectivity index (χ3v) is 0.739. The van der Waals surface area contributed by atoms with Crippen molar-refractivity contribution >= 4 is 17.6 Å². The molecule has 2 unspecified atom stereocenters. The fourth-order valence-corrected chi connectivity index (χ4v) is 0.355. The highest BCUT2D eigenvalue weighted by molar-refractivity contribution is 6.20. The van der Waals surface area contributed by atoms with Crippen molar-refractivity contribution in [3.05, 3.63) is 0 Å². The molecule has 0 aromatic carbocycles. The number of alkyl halides is 1. The lowest BCUT2D eigenvalue weighted by molar-refractivity contribution is -0.145. The van der Waals surface area contributed by atoms with Gasteiger partial charge in [-0.05, 0) is 13.8 Å². The summed E-state index contributed by atoms with van der Waals surface area (Å²) < 4.78 is 4.51. The highest BCUT2D eigenvalue weighted by atomic mass is 35.5. The topological polar surface area (TPSA) is 52.3 Å². The van der Waals surface area contributed by atoms with E-state index in [1.54, 1.807) is 13.8 Å². The number of hydrogen-bond donors (Lipinski definition) is 1. The average Bonchev–Trinajstić information content (AvgIpc) is 1.63. The molecule has 0 aliphatic rings. The van der Waals surface area contributed by atoms with Crippen molar-refractivity contribution in [1.82, 2.24) is 0 Å². The first-order valence-electron chi connectivity index (χ1n) is 2.64. The maximum Gasteiger partial charge on any atom is 0.324 e. The second kappa shape index (κ2) is 3.69. The monoisotopic (exact) mass is 151 g/mol. The lowest BCUT2D eigenvalue weighted by atomic mass is 10.4. The molecule has 0 bridgehead atoms. The first-order valence-corrected chi connectivity index (χ1v) is 3.08. The molecule has 54 valence electrons. The summed E-state index contributed by atoms with van der Waals surface area (Å²) in [4.78, 5) is 10.5. The third-order valence-electron chi connectivity index (χ3n) is 0.650. The molecule has 9 heavy (non-hydrogen) atoms. The molecule has 3 nitrogen and oxygen atoms in total. The van der Waals surface area contributed by atoms with Crippen molar-refractivity contribution in [1.29, 1.82) is 0 Å². The van der Waals surface area contributed by atoms with Crippen LogP contribution in [0.1, 0.15) is 13.8 Å². The van der Waals surface area contributed by atoms with E-state index >= 15 is 0 Å². The summed E-state index contributed by atoms with van der Waals surface area (Å²) in [6, 6.07) is -0.591. The standard InChI is InChI=1S/C5H10ClNO2/c1-3(7)5(8)9-4(2)6/h3-4H,7H2,1-2H3. The van der Waals surface area contributed by atoms with E-state index in [-0.39, 0.29) is 0 Å². The van der Waals surface area contributed by atoms with Gasteiger partial charge in [-0.2, -0.15) is 0 Å². The minimum absolute atomic E-state index is 0.475. The second-order valence-corrected chi connectivity index (χ2v) is 2.38. The van der Waals surface area contributed by atoms with Gasteiger partial charge in [-0.3, -0.25) is 4.79 Å². The molecule has 0 saturated carbocycles. The van der Waals surface area contributed by atoms with E-state index in [0.29, 0.717) is 0 Å². The van der Waals surface area contributed by atoms with Gasteiger partial charge < -0.3 is 10.5 Å². The number of esters is 1.